The number of hydrogen-bond donors (Lipinski definition) is 1. The lowest BCUT2D eigenvalue weighted by Crippen LogP contribution is -2.12. The molecule has 0 aliphatic rings. The molecule has 1 N–H and O–H groups in total. The van der Waals surface area contributed by atoms with Crippen LogP contribution < -0.4 is 5.32 Å². The number of rotatable bonds is 5. The Balaban J connectivity index is 1.46. The van der Waals surface area contributed by atoms with Crippen molar-refractivity contribution in [1.29, 1.82) is 5.26 Å². The van der Waals surface area contributed by atoms with Crippen molar-refractivity contribution in [3.05, 3.63) is 59.9 Å². The van der Waals surface area contributed by atoms with Crippen molar-refractivity contribution >= 4 is 39.9 Å². The fraction of sp³-hybridized carbons (Fsp3) is 0.150. The van der Waals surface area contributed by atoms with Crippen LogP contribution in [0.25, 0.3) is 16.6 Å². The molecule has 138 valence electrons. The van der Waals surface area contributed by atoms with E-state index in [4.69, 9.17) is 5.26 Å². The predicted octanol–water partition coefficient (Wildman–Crippen LogP) is 3.58. The van der Waals surface area contributed by atoms with Crippen LogP contribution in [0.15, 0.2) is 53.7 Å². The minimum Gasteiger partial charge on any atom is -0.326 e. The summed E-state index contributed by atoms with van der Waals surface area (Å²) in [4.78, 5) is 21.4. The van der Waals surface area contributed by atoms with Gasteiger partial charge in [-0.15, -0.1) is 5.10 Å². The number of anilines is 1. The lowest BCUT2D eigenvalue weighted by molar-refractivity contribution is -0.115. The molecule has 0 unspecified atom stereocenters. The summed E-state index contributed by atoms with van der Waals surface area (Å²) in [6.45, 7) is 1.85. The van der Waals surface area contributed by atoms with Gasteiger partial charge < -0.3 is 5.32 Å². The van der Waals surface area contributed by atoms with Crippen molar-refractivity contribution in [2.24, 2.45) is 0 Å². The van der Waals surface area contributed by atoms with Gasteiger partial charge >= 0.3 is 0 Å². The molecule has 2 aromatic carbocycles. The van der Waals surface area contributed by atoms with Crippen molar-refractivity contribution in [1.82, 2.24) is 19.6 Å². The Morgan fingerprint density at radius 2 is 1.96 bits per heavy atom. The zero-order chi connectivity index (χ0) is 19.5. The first-order valence-corrected chi connectivity index (χ1v) is 9.67. The van der Waals surface area contributed by atoms with Crippen LogP contribution in [0.5, 0.6) is 0 Å². The van der Waals surface area contributed by atoms with E-state index in [1.807, 2.05) is 31.2 Å². The summed E-state index contributed by atoms with van der Waals surface area (Å²) in [7, 11) is 0. The fourth-order valence-electron chi connectivity index (χ4n) is 2.81. The van der Waals surface area contributed by atoms with Gasteiger partial charge in [0.2, 0.25) is 5.91 Å². The Labute approximate surface area is 165 Å². The van der Waals surface area contributed by atoms with Crippen LogP contribution >= 0.6 is 11.8 Å². The van der Waals surface area contributed by atoms with Gasteiger partial charge in [-0.2, -0.15) is 9.78 Å². The van der Waals surface area contributed by atoms with Gasteiger partial charge in [-0.3, -0.25) is 4.79 Å². The van der Waals surface area contributed by atoms with Gasteiger partial charge in [-0.25, -0.2) is 9.97 Å². The molecule has 1 amide bonds. The topological polar surface area (TPSA) is 96.0 Å². The third-order valence-electron chi connectivity index (χ3n) is 4.11. The first-order chi connectivity index (χ1) is 13.6. The second-order valence-corrected chi connectivity index (χ2v) is 7.20. The monoisotopic (exact) mass is 388 g/mol. The van der Waals surface area contributed by atoms with E-state index in [-0.39, 0.29) is 5.91 Å². The van der Waals surface area contributed by atoms with Crippen LogP contribution in [0.4, 0.5) is 5.69 Å². The van der Waals surface area contributed by atoms with Crippen LogP contribution in [0.2, 0.25) is 0 Å². The number of aryl methyl sites for hydroxylation is 1. The summed E-state index contributed by atoms with van der Waals surface area (Å²) in [6.07, 6.45) is 0.328. The molecule has 0 bridgehead atoms. The summed E-state index contributed by atoms with van der Waals surface area (Å²) in [6, 6.07) is 16.7. The number of nitrogens with zero attached hydrogens (tertiary/aromatic N) is 5. The van der Waals surface area contributed by atoms with Crippen molar-refractivity contribution in [2.75, 3.05) is 11.1 Å². The molecule has 0 radical (unpaired) electrons. The molecule has 0 aliphatic carbocycles. The van der Waals surface area contributed by atoms with Gasteiger partial charge in [-0.05, 0) is 43.3 Å². The lowest BCUT2D eigenvalue weighted by Gasteiger charge is -2.07. The SMILES string of the molecule is Cc1nc2c3ccccc3nc(SCCC(=O)Nc3ccc(C#N)cc3)n2n1. The molecule has 28 heavy (non-hydrogen) atoms. The maximum Gasteiger partial charge on any atom is 0.225 e. The first-order valence-electron chi connectivity index (χ1n) is 8.69. The average molecular weight is 388 g/mol. The molecule has 0 spiro atoms. The lowest BCUT2D eigenvalue weighted by atomic mass is 10.2. The minimum absolute atomic E-state index is 0.0935. The molecular weight excluding hydrogens is 372 g/mol. The number of fused-ring (bicyclic) bond motifs is 3. The van der Waals surface area contributed by atoms with Gasteiger partial charge in [0, 0.05) is 23.2 Å². The van der Waals surface area contributed by atoms with Gasteiger partial charge in [-0.1, -0.05) is 23.9 Å². The number of amides is 1. The smallest absolute Gasteiger partial charge is 0.225 e. The number of nitrogens with one attached hydrogen (secondary N) is 1. The van der Waals surface area contributed by atoms with Crippen molar-refractivity contribution in [3.63, 3.8) is 0 Å². The number of para-hydroxylation sites is 1. The molecule has 0 atom stereocenters. The standard InChI is InChI=1S/C20H16N6OS/c1-13-22-19-16-4-2-3-5-17(16)24-20(26(19)25-13)28-11-10-18(27)23-15-8-6-14(12-21)7-9-15/h2-9H,10-11H2,1H3,(H,23,27). The molecule has 2 heterocycles. The summed E-state index contributed by atoms with van der Waals surface area (Å²) in [5.41, 5.74) is 2.86. The Morgan fingerprint density at radius 3 is 2.75 bits per heavy atom. The summed E-state index contributed by atoms with van der Waals surface area (Å²) in [5.74, 6) is 1.14. The number of aromatic nitrogens is 4. The molecular formula is C20H16N6OS. The van der Waals surface area contributed by atoms with Gasteiger partial charge in [0.15, 0.2) is 10.8 Å². The van der Waals surface area contributed by atoms with Crippen LogP contribution in [0, 0.1) is 18.3 Å². The number of hydrogen-bond acceptors (Lipinski definition) is 6. The molecule has 4 aromatic rings. The summed E-state index contributed by atoms with van der Waals surface area (Å²) in [5, 5.41) is 17.8. The van der Waals surface area contributed by atoms with Crippen LogP contribution in [-0.2, 0) is 4.79 Å². The summed E-state index contributed by atoms with van der Waals surface area (Å²) < 4.78 is 1.74. The van der Waals surface area contributed by atoms with E-state index in [1.165, 1.54) is 11.8 Å². The molecule has 0 aliphatic heterocycles. The number of benzene rings is 2. The third-order valence-corrected chi connectivity index (χ3v) is 5.04. The third kappa shape index (κ3) is 3.66. The Bertz CT molecular complexity index is 1210. The highest BCUT2D eigenvalue weighted by Gasteiger charge is 2.13. The van der Waals surface area contributed by atoms with Crippen molar-refractivity contribution in [2.45, 2.75) is 18.5 Å². The van der Waals surface area contributed by atoms with E-state index >= 15 is 0 Å². The number of carbonyl (C=O) groups excluding carboxylic acids is 1. The predicted molar refractivity (Wildman–Crippen MR) is 108 cm³/mol. The zero-order valence-corrected chi connectivity index (χ0v) is 15.9. The Hall–Kier alpha value is -3.44. The van der Waals surface area contributed by atoms with Crippen LogP contribution in [0.1, 0.15) is 17.8 Å². The van der Waals surface area contributed by atoms with Crippen molar-refractivity contribution in [3.8, 4) is 6.07 Å². The zero-order valence-electron chi connectivity index (χ0n) is 15.1. The molecule has 7 nitrogen and oxygen atoms in total. The van der Waals surface area contributed by atoms with Gasteiger partial charge in [0.05, 0.1) is 17.1 Å². The summed E-state index contributed by atoms with van der Waals surface area (Å²) >= 11 is 1.47. The van der Waals surface area contributed by atoms with E-state index in [0.29, 0.717) is 34.4 Å². The molecule has 2 aromatic heterocycles. The average Bonchev–Trinajstić information content (AvgIpc) is 3.10. The maximum atomic E-state index is 12.2. The van der Waals surface area contributed by atoms with Crippen molar-refractivity contribution < 1.29 is 4.79 Å². The molecule has 8 heteroatoms. The molecule has 0 saturated heterocycles. The highest BCUT2D eigenvalue weighted by molar-refractivity contribution is 7.99. The first kappa shape index (κ1) is 17.9. The number of nitriles is 1. The number of carbonyl (C=O) groups is 1. The fourth-order valence-corrected chi connectivity index (χ4v) is 3.70. The number of thioether (sulfide) groups is 1. The highest BCUT2D eigenvalue weighted by atomic mass is 32.2. The molecule has 0 saturated carbocycles. The van der Waals surface area contributed by atoms with E-state index in [9.17, 15) is 4.79 Å². The van der Waals surface area contributed by atoms with Crippen LogP contribution in [0.3, 0.4) is 0 Å². The molecule has 0 fully saturated rings. The Kier molecular flexibility index (Phi) is 4.91. The van der Waals surface area contributed by atoms with E-state index < -0.39 is 0 Å². The minimum atomic E-state index is -0.0935. The quantitative estimate of drug-likeness (QED) is 0.415. The Morgan fingerprint density at radius 1 is 1.18 bits per heavy atom. The largest absolute Gasteiger partial charge is 0.326 e. The van der Waals surface area contributed by atoms with E-state index in [2.05, 4.69) is 26.5 Å². The molecule has 4 rings (SSSR count). The van der Waals surface area contributed by atoms with E-state index in [0.717, 1.165) is 16.6 Å². The second kappa shape index (κ2) is 7.66. The van der Waals surface area contributed by atoms with Crippen LogP contribution in [-0.4, -0.2) is 31.2 Å². The highest BCUT2D eigenvalue weighted by Crippen LogP contribution is 2.24. The van der Waals surface area contributed by atoms with Gasteiger partial charge in [0.25, 0.3) is 0 Å². The maximum absolute atomic E-state index is 12.2. The normalized spacial score (nSPS) is 10.9. The second-order valence-electron chi connectivity index (χ2n) is 6.14. The van der Waals surface area contributed by atoms with E-state index in [1.54, 1.807) is 28.8 Å². The van der Waals surface area contributed by atoms with Gasteiger partial charge in [0.1, 0.15) is 5.82 Å².